The minimum absolute atomic E-state index is 0.0493. The predicted molar refractivity (Wildman–Crippen MR) is 202 cm³/mol. The average Bonchev–Trinajstić information content (AvgIpc) is 3.61. The predicted octanol–water partition coefficient (Wildman–Crippen LogP) is 13.5. The molecule has 0 nitrogen and oxygen atoms in total. The van der Waals surface area contributed by atoms with Crippen LogP contribution in [-0.2, 0) is 30.8 Å². The van der Waals surface area contributed by atoms with Crippen molar-refractivity contribution in [3.8, 4) is 22.3 Å². The zero-order chi connectivity index (χ0) is 33.8. The Morgan fingerprint density at radius 3 is 1.34 bits per heavy atom. The molecule has 2 atom stereocenters. The van der Waals surface area contributed by atoms with Gasteiger partial charge < -0.3 is 0 Å². The molecule has 0 spiro atoms. The molecule has 3 aliphatic rings. The van der Waals surface area contributed by atoms with Gasteiger partial charge in [-0.15, -0.1) is 0 Å². The molecule has 0 saturated carbocycles. The van der Waals surface area contributed by atoms with Crippen LogP contribution in [-0.4, -0.2) is 0 Å². The van der Waals surface area contributed by atoms with Crippen LogP contribution in [0.25, 0.3) is 34.4 Å². The van der Waals surface area contributed by atoms with Crippen molar-refractivity contribution in [1.29, 1.82) is 0 Å². The van der Waals surface area contributed by atoms with E-state index in [1.165, 1.54) is 55.6 Å². The summed E-state index contributed by atoms with van der Waals surface area (Å²) in [6, 6.07) is 28.8. The van der Waals surface area contributed by atoms with Gasteiger partial charge in [0, 0.05) is 0 Å². The first kappa shape index (κ1) is 32.8. The molecule has 47 heavy (non-hydrogen) atoms. The van der Waals surface area contributed by atoms with Crippen LogP contribution < -0.4 is 0 Å². The topological polar surface area (TPSA) is 0 Å². The molecule has 242 valence electrons. The van der Waals surface area contributed by atoms with Gasteiger partial charge in [0.15, 0.2) is 0 Å². The van der Waals surface area contributed by atoms with Crippen molar-refractivity contribution in [2.45, 2.75) is 103 Å². The van der Waals surface area contributed by atoms with Crippen molar-refractivity contribution < 1.29 is 20.0 Å². The van der Waals surface area contributed by atoms with Gasteiger partial charge in [0.2, 0.25) is 0 Å². The summed E-state index contributed by atoms with van der Waals surface area (Å²) >= 11 is -3.11. The summed E-state index contributed by atoms with van der Waals surface area (Å²) in [5, 5.41) is 0. The fourth-order valence-electron chi connectivity index (χ4n) is 9.44. The number of aryl methyl sites for hydroxylation is 2. The van der Waals surface area contributed by atoms with Crippen molar-refractivity contribution >= 4 is 12.2 Å². The molecule has 2 aliphatic carbocycles. The van der Waals surface area contributed by atoms with Crippen LogP contribution in [0.5, 0.6) is 0 Å². The monoisotopic (exact) mass is 786 g/mol. The molecular weight excluding hydrogens is 731 g/mol. The minimum atomic E-state index is -3.11. The normalized spacial score (nSPS) is 22.6. The average molecular weight is 785 g/mol. The van der Waals surface area contributed by atoms with Gasteiger partial charge in [-0.2, -0.15) is 0 Å². The van der Waals surface area contributed by atoms with Crippen LogP contribution in [0.1, 0.15) is 114 Å². The second-order valence-corrected chi connectivity index (χ2v) is 35.0. The van der Waals surface area contributed by atoms with Crippen LogP contribution in [0.4, 0.5) is 0 Å². The van der Waals surface area contributed by atoms with Gasteiger partial charge in [-0.25, -0.2) is 0 Å². The third-order valence-corrected chi connectivity index (χ3v) is 27.5. The number of fused-ring (bicyclic) bond motifs is 6. The van der Waals surface area contributed by atoms with E-state index in [1.54, 1.807) is 22.3 Å². The van der Waals surface area contributed by atoms with Gasteiger partial charge in [0.1, 0.15) is 0 Å². The van der Waals surface area contributed by atoms with Crippen LogP contribution in [0, 0.1) is 19.3 Å². The molecule has 1 aliphatic heterocycles. The first-order valence-corrected chi connectivity index (χ1v) is 29.2. The second kappa shape index (κ2) is 10.9. The van der Waals surface area contributed by atoms with E-state index in [2.05, 4.69) is 164 Å². The molecule has 2 unspecified atom stereocenters. The molecule has 4 aromatic carbocycles. The molecule has 7 rings (SSSR count). The fourth-order valence-corrected chi connectivity index (χ4v) is 26.9. The van der Waals surface area contributed by atoms with Crippen LogP contribution in [0.3, 0.4) is 0 Å². The molecule has 0 N–H and O–H groups in total. The Morgan fingerprint density at radius 2 is 1.00 bits per heavy atom. The summed E-state index contributed by atoms with van der Waals surface area (Å²) in [6.07, 6.45) is 6.48. The van der Waals surface area contributed by atoms with Gasteiger partial charge in [-0.05, 0) is 0 Å². The first-order valence-electron chi connectivity index (χ1n) is 17.9. The van der Waals surface area contributed by atoms with Crippen molar-refractivity contribution in [2.75, 3.05) is 0 Å². The Bertz CT molecular complexity index is 1860. The quantitative estimate of drug-likeness (QED) is 0.182. The van der Waals surface area contributed by atoms with Gasteiger partial charge in [0.25, 0.3) is 0 Å². The van der Waals surface area contributed by atoms with Crippen molar-refractivity contribution in [2.24, 2.45) is 5.41 Å². The van der Waals surface area contributed by atoms with E-state index in [0.717, 1.165) is 6.42 Å². The zero-order valence-electron chi connectivity index (χ0n) is 30.9. The Kier molecular flexibility index (Phi) is 7.57. The molecular formula is C46H54Hf. The third kappa shape index (κ3) is 4.92. The Hall–Kier alpha value is -2.77. The number of benzene rings is 4. The van der Waals surface area contributed by atoms with Crippen molar-refractivity contribution in [3.05, 3.63) is 128 Å². The Balaban J connectivity index is 1.39. The summed E-state index contributed by atoms with van der Waals surface area (Å²) in [6.45, 7) is 23.5. The van der Waals surface area contributed by atoms with E-state index in [4.69, 9.17) is 0 Å². The van der Waals surface area contributed by atoms with Crippen LogP contribution >= 0.6 is 0 Å². The van der Waals surface area contributed by atoms with Crippen LogP contribution in [0.2, 0.25) is 9.36 Å². The molecule has 1 saturated heterocycles. The number of allylic oxidation sites excluding steroid dienone is 2. The van der Waals surface area contributed by atoms with E-state index in [1.807, 2.05) is 0 Å². The van der Waals surface area contributed by atoms with E-state index >= 15 is 0 Å². The van der Waals surface area contributed by atoms with Crippen molar-refractivity contribution in [3.63, 3.8) is 0 Å². The summed E-state index contributed by atoms with van der Waals surface area (Å²) in [5.74, 6) is 0. The maximum absolute atomic E-state index is 3.11. The molecule has 1 fully saturated rings. The van der Waals surface area contributed by atoms with Gasteiger partial charge in [-0.1, -0.05) is 0 Å². The van der Waals surface area contributed by atoms with E-state index in [0.29, 0.717) is 7.35 Å². The molecule has 4 aromatic rings. The molecule has 1 heterocycles. The molecule has 0 amide bonds. The number of rotatable bonds is 3. The summed E-state index contributed by atoms with van der Waals surface area (Å²) in [7, 11) is 0. The number of hydrogen-bond donors (Lipinski definition) is 0. The first-order chi connectivity index (χ1) is 22.0. The van der Waals surface area contributed by atoms with Gasteiger partial charge >= 0.3 is 291 Å². The SMILES string of the molecule is CCC1(C)C2=Cc3c(-c4ccc(C(C)(C)C)cc4C)cccc3[CH]2[Hf]([CH3])([CH3])[CH]2C1=Cc1c(-c3ccc(C(C)(C)C)cc3C)cccc12. The van der Waals surface area contributed by atoms with E-state index < -0.39 is 20.0 Å². The summed E-state index contributed by atoms with van der Waals surface area (Å²) in [5.41, 5.74) is 21.2. The van der Waals surface area contributed by atoms with Crippen LogP contribution in [0.15, 0.2) is 83.9 Å². The Labute approximate surface area is 289 Å². The van der Waals surface area contributed by atoms with E-state index in [-0.39, 0.29) is 16.2 Å². The fraction of sp³-hybridized carbons (Fsp3) is 0.391. The van der Waals surface area contributed by atoms with Crippen molar-refractivity contribution in [1.82, 2.24) is 0 Å². The van der Waals surface area contributed by atoms with Gasteiger partial charge in [-0.3, -0.25) is 0 Å². The van der Waals surface area contributed by atoms with Gasteiger partial charge in [0.05, 0.1) is 0 Å². The molecule has 0 radical (unpaired) electrons. The Morgan fingerprint density at radius 1 is 0.596 bits per heavy atom. The second-order valence-electron chi connectivity index (χ2n) is 17.7. The number of hydrogen-bond acceptors (Lipinski definition) is 0. The molecule has 0 aromatic heterocycles. The standard InChI is InChI=1S/C44H48.2CH3.Hf/c1-11-44(10,34-24-30-14-12-16-38(40(30)26-34)36-20-18-32(22-28(36)2)42(4,5)6)35-25-31-15-13-17-39(41(31)27-35)37-21-19-33(23-29(37)3)43(7,8)9;;;/h12-27H,11H2,1-10H3;2*1H3;. The zero-order valence-corrected chi connectivity index (χ0v) is 34.5. The van der Waals surface area contributed by atoms with E-state index in [9.17, 15) is 0 Å². The summed E-state index contributed by atoms with van der Waals surface area (Å²) in [4.78, 5) is 0. The molecule has 0 bridgehead atoms. The maximum atomic E-state index is 2.77. The third-order valence-electron chi connectivity index (χ3n) is 12.4. The molecule has 1 heteroatoms. The summed E-state index contributed by atoms with van der Waals surface area (Å²) < 4.78 is 6.74.